The van der Waals surface area contributed by atoms with Crippen molar-refractivity contribution in [3.63, 3.8) is 0 Å². The van der Waals surface area contributed by atoms with Crippen LogP contribution < -0.4 is 0 Å². The third-order valence-electron chi connectivity index (χ3n) is 1.24. The first-order valence-electron chi connectivity index (χ1n) is 3.47. The number of hydrogen-bond donors (Lipinski definition) is 0. The van der Waals surface area contributed by atoms with Crippen LogP contribution in [0.15, 0.2) is 0 Å². The maximum absolute atomic E-state index is 5.72. The Morgan fingerprint density at radius 2 is 1.89 bits per heavy atom. The summed E-state index contributed by atoms with van der Waals surface area (Å²) in [6, 6.07) is 0. The van der Waals surface area contributed by atoms with E-state index >= 15 is 0 Å². The van der Waals surface area contributed by atoms with Gasteiger partial charge in [0.1, 0.15) is 0 Å². The maximum Gasteiger partial charge on any atom is 0.0307 e. The first kappa shape index (κ1) is 9.58. The minimum absolute atomic E-state index is 0.334. The molecule has 0 rings (SSSR count). The Bertz CT molecular complexity index is 52.9. The molecule has 0 unspecified atom stereocenters. The zero-order valence-electron chi connectivity index (χ0n) is 5.87. The number of hydrogen-bond acceptors (Lipinski definition) is 0. The van der Waals surface area contributed by atoms with Gasteiger partial charge in [-0.25, -0.2) is 0 Å². The van der Waals surface area contributed by atoms with Crippen molar-refractivity contribution in [2.75, 3.05) is 5.88 Å². The zero-order chi connectivity index (χ0) is 7.11. The van der Waals surface area contributed by atoms with E-state index in [0.717, 1.165) is 18.7 Å². The van der Waals surface area contributed by atoms with Crippen molar-refractivity contribution in [2.24, 2.45) is 0 Å². The van der Waals surface area contributed by atoms with Gasteiger partial charge < -0.3 is 0 Å². The first-order chi connectivity index (χ1) is 4.27. The molecule has 0 aromatic rings. The van der Waals surface area contributed by atoms with Crippen LogP contribution >= 0.6 is 23.2 Å². The van der Waals surface area contributed by atoms with Crippen LogP contribution in [0.25, 0.3) is 0 Å². The maximum atomic E-state index is 5.72. The summed E-state index contributed by atoms with van der Waals surface area (Å²) in [6.45, 7) is 2.03. The zero-order valence-corrected chi connectivity index (χ0v) is 7.38. The summed E-state index contributed by atoms with van der Waals surface area (Å²) in [5.41, 5.74) is 0. The first-order valence-corrected chi connectivity index (χ1v) is 4.44. The summed E-state index contributed by atoms with van der Waals surface area (Å²) >= 11 is 11.2. The van der Waals surface area contributed by atoms with E-state index < -0.39 is 0 Å². The van der Waals surface area contributed by atoms with E-state index in [9.17, 15) is 0 Å². The lowest BCUT2D eigenvalue weighted by Gasteiger charge is -1.99. The van der Waals surface area contributed by atoms with Crippen LogP contribution in [0.1, 0.15) is 32.6 Å². The second kappa shape index (κ2) is 6.70. The molecule has 0 fully saturated rings. The minimum Gasteiger partial charge on any atom is -0.127 e. The van der Waals surface area contributed by atoms with Gasteiger partial charge in [-0.2, -0.15) is 0 Å². The normalized spacial score (nSPS) is 13.7. The van der Waals surface area contributed by atoms with Crippen molar-refractivity contribution in [2.45, 2.75) is 38.0 Å². The Labute approximate surface area is 67.5 Å². The van der Waals surface area contributed by atoms with Crippen molar-refractivity contribution in [3.8, 4) is 0 Å². The molecule has 0 aromatic heterocycles. The average Bonchev–Trinajstić information content (AvgIpc) is 1.80. The van der Waals surface area contributed by atoms with Crippen LogP contribution in [0.2, 0.25) is 0 Å². The Balaban J connectivity index is 2.75. The van der Waals surface area contributed by atoms with Gasteiger partial charge in [-0.3, -0.25) is 0 Å². The van der Waals surface area contributed by atoms with Gasteiger partial charge in [0.25, 0.3) is 0 Å². The van der Waals surface area contributed by atoms with E-state index in [0.29, 0.717) is 5.38 Å². The standard InChI is InChI=1S/C7H14Cl2/c1-7(9)5-3-2-4-6-8/h7H,2-6H2,1H3/t7-/m0/s1. The topological polar surface area (TPSA) is 0 Å². The van der Waals surface area contributed by atoms with Crippen LogP contribution in [-0.2, 0) is 0 Å². The van der Waals surface area contributed by atoms with Crippen molar-refractivity contribution in [1.29, 1.82) is 0 Å². The van der Waals surface area contributed by atoms with Crippen LogP contribution in [0.5, 0.6) is 0 Å². The minimum atomic E-state index is 0.334. The molecule has 1 atom stereocenters. The molecule has 0 amide bonds. The lowest BCUT2D eigenvalue weighted by Crippen LogP contribution is -1.89. The van der Waals surface area contributed by atoms with E-state index in [1.54, 1.807) is 0 Å². The average molecular weight is 169 g/mol. The Hall–Kier alpha value is 0.580. The molecule has 2 heteroatoms. The van der Waals surface area contributed by atoms with E-state index in [-0.39, 0.29) is 0 Å². The van der Waals surface area contributed by atoms with Crippen molar-refractivity contribution in [3.05, 3.63) is 0 Å². The number of unbranched alkanes of at least 4 members (excludes halogenated alkanes) is 2. The van der Waals surface area contributed by atoms with Crippen molar-refractivity contribution in [1.82, 2.24) is 0 Å². The summed E-state index contributed by atoms with van der Waals surface area (Å²) in [6.07, 6.45) is 4.70. The Morgan fingerprint density at radius 1 is 1.22 bits per heavy atom. The van der Waals surface area contributed by atoms with E-state index in [1.165, 1.54) is 12.8 Å². The molecule has 0 aliphatic carbocycles. The predicted molar refractivity (Wildman–Crippen MR) is 44.5 cm³/mol. The van der Waals surface area contributed by atoms with Gasteiger partial charge in [0.2, 0.25) is 0 Å². The molecule has 9 heavy (non-hydrogen) atoms. The van der Waals surface area contributed by atoms with Crippen LogP contribution in [0, 0.1) is 0 Å². The summed E-state index contributed by atoms with van der Waals surface area (Å²) < 4.78 is 0. The van der Waals surface area contributed by atoms with Crippen molar-refractivity contribution >= 4 is 23.2 Å². The van der Waals surface area contributed by atoms with Gasteiger partial charge in [-0.15, -0.1) is 23.2 Å². The molecule has 0 saturated heterocycles. The van der Waals surface area contributed by atoms with Crippen molar-refractivity contribution < 1.29 is 0 Å². The lowest BCUT2D eigenvalue weighted by molar-refractivity contribution is 0.663. The molecule has 0 nitrogen and oxygen atoms in total. The third-order valence-corrected chi connectivity index (χ3v) is 1.72. The molecule has 0 N–H and O–H groups in total. The number of alkyl halides is 2. The second-order valence-electron chi connectivity index (χ2n) is 2.32. The predicted octanol–water partition coefficient (Wildman–Crippen LogP) is 3.41. The Morgan fingerprint density at radius 3 is 2.33 bits per heavy atom. The molecular weight excluding hydrogens is 155 g/mol. The summed E-state index contributed by atoms with van der Waals surface area (Å²) in [4.78, 5) is 0. The lowest BCUT2D eigenvalue weighted by atomic mass is 10.2. The smallest absolute Gasteiger partial charge is 0.0307 e. The van der Waals surface area contributed by atoms with Crippen LogP contribution in [0.4, 0.5) is 0 Å². The van der Waals surface area contributed by atoms with Crippen LogP contribution in [0.3, 0.4) is 0 Å². The molecule has 0 aliphatic heterocycles. The quantitative estimate of drug-likeness (QED) is 0.437. The summed E-state index contributed by atoms with van der Waals surface area (Å²) in [7, 11) is 0. The second-order valence-corrected chi connectivity index (χ2v) is 3.44. The fourth-order valence-corrected chi connectivity index (χ4v) is 1.04. The molecule has 0 saturated carbocycles. The SMILES string of the molecule is C[C@H](Cl)CCCCCCl. The largest absolute Gasteiger partial charge is 0.127 e. The molecule has 0 aromatic carbocycles. The molecule has 0 heterocycles. The highest BCUT2D eigenvalue weighted by atomic mass is 35.5. The highest BCUT2D eigenvalue weighted by Crippen LogP contribution is 2.07. The van der Waals surface area contributed by atoms with Gasteiger partial charge in [0.15, 0.2) is 0 Å². The van der Waals surface area contributed by atoms with Gasteiger partial charge in [-0.1, -0.05) is 12.8 Å². The highest BCUT2D eigenvalue weighted by molar-refractivity contribution is 6.20. The van der Waals surface area contributed by atoms with E-state index in [1.807, 2.05) is 6.92 Å². The molecule has 56 valence electrons. The molecule has 0 radical (unpaired) electrons. The van der Waals surface area contributed by atoms with Gasteiger partial charge in [-0.05, 0) is 19.8 Å². The summed E-state index contributed by atoms with van der Waals surface area (Å²) in [5.74, 6) is 0.788. The van der Waals surface area contributed by atoms with E-state index in [4.69, 9.17) is 23.2 Å². The fraction of sp³-hybridized carbons (Fsp3) is 1.00. The number of rotatable bonds is 5. The number of halogens is 2. The third kappa shape index (κ3) is 8.58. The summed E-state index contributed by atoms with van der Waals surface area (Å²) in [5, 5.41) is 0.334. The fourth-order valence-electron chi connectivity index (χ4n) is 0.697. The molecular formula is C7H14Cl2. The molecule has 0 aliphatic rings. The Kier molecular flexibility index (Phi) is 7.13. The van der Waals surface area contributed by atoms with Crippen LogP contribution in [-0.4, -0.2) is 11.3 Å². The van der Waals surface area contributed by atoms with E-state index in [2.05, 4.69) is 0 Å². The highest BCUT2D eigenvalue weighted by Gasteiger charge is 1.94. The van der Waals surface area contributed by atoms with Gasteiger partial charge in [0.05, 0.1) is 0 Å². The molecule has 0 bridgehead atoms. The van der Waals surface area contributed by atoms with Gasteiger partial charge in [0, 0.05) is 11.3 Å². The molecule has 0 spiro atoms. The monoisotopic (exact) mass is 168 g/mol. The van der Waals surface area contributed by atoms with Gasteiger partial charge >= 0.3 is 0 Å².